The average Bonchev–Trinajstić information content (AvgIpc) is 2.76. The van der Waals surface area contributed by atoms with E-state index in [9.17, 15) is 4.79 Å². The van der Waals surface area contributed by atoms with Crippen molar-refractivity contribution in [2.75, 3.05) is 11.9 Å². The highest BCUT2D eigenvalue weighted by molar-refractivity contribution is 6.31. The molecule has 0 saturated heterocycles. The molecule has 0 aliphatic rings. The van der Waals surface area contributed by atoms with Crippen LogP contribution in [-0.4, -0.2) is 22.0 Å². The van der Waals surface area contributed by atoms with Gasteiger partial charge in [-0.05, 0) is 24.1 Å². The van der Waals surface area contributed by atoms with Gasteiger partial charge in [-0.2, -0.15) is 0 Å². The summed E-state index contributed by atoms with van der Waals surface area (Å²) >= 11 is 5.85. The van der Waals surface area contributed by atoms with E-state index in [1.807, 2.05) is 0 Å². The number of aromatic nitrogens is 2. The number of rotatable bonds is 2. The van der Waals surface area contributed by atoms with E-state index in [1.165, 1.54) is 0 Å². The van der Waals surface area contributed by atoms with Crippen LogP contribution in [0.5, 0.6) is 0 Å². The number of aryl methyl sites for hydroxylation is 1. The number of amides is 1. The average molecular weight is 289 g/mol. The lowest BCUT2D eigenvalue weighted by molar-refractivity contribution is 0.101. The maximum absolute atomic E-state index is 12.1. The predicted octanol–water partition coefficient (Wildman–Crippen LogP) is 1.64. The highest BCUT2D eigenvalue weighted by atomic mass is 35.5. The Morgan fingerprint density at radius 2 is 2.35 bits per heavy atom. The molecule has 20 heavy (non-hydrogen) atoms. The maximum Gasteiger partial charge on any atom is 0.273 e. The Bertz CT molecular complexity index is 697. The highest BCUT2D eigenvalue weighted by Gasteiger charge is 2.11. The summed E-state index contributed by atoms with van der Waals surface area (Å²) in [5, 5.41) is 3.21. The molecule has 0 aliphatic carbocycles. The van der Waals surface area contributed by atoms with Crippen molar-refractivity contribution in [2.45, 2.75) is 0 Å². The molecular formula is C14H13ClN4O. The minimum Gasteiger partial charge on any atom is -0.345 e. The van der Waals surface area contributed by atoms with Gasteiger partial charge in [-0.15, -0.1) is 0 Å². The Morgan fingerprint density at radius 3 is 3.00 bits per heavy atom. The molecule has 2 rings (SSSR count). The summed E-state index contributed by atoms with van der Waals surface area (Å²) in [6.07, 6.45) is 1.66. The zero-order valence-electron chi connectivity index (χ0n) is 10.9. The minimum atomic E-state index is -0.282. The lowest BCUT2D eigenvalue weighted by Gasteiger charge is -2.05. The van der Waals surface area contributed by atoms with Crippen LogP contribution in [0.2, 0.25) is 5.02 Å². The van der Waals surface area contributed by atoms with Crippen molar-refractivity contribution < 1.29 is 4.79 Å². The third kappa shape index (κ3) is 3.38. The summed E-state index contributed by atoms with van der Waals surface area (Å²) < 4.78 is 1.65. The molecule has 0 saturated carbocycles. The lowest BCUT2D eigenvalue weighted by Crippen LogP contribution is -2.16. The van der Waals surface area contributed by atoms with E-state index >= 15 is 0 Å². The first-order valence-corrected chi connectivity index (χ1v) is 6.27. The van der Waals surface area contributed by atoms with E-state index in [0.717, 1.165) is 0 Å². The summed E-state index contributed by atoms with van der Waals surface area (Å²) in [6, 6.07) is 6.80. The quantitative estimate of drug-likeness (QED) is 0.825. The number of carbonyl (C=O) groups excluding carboxylic acids is 1. The monoisotopic (exact) mass is 288 g/mol. The van der Waals surface area contributed by atoms with E-state index in [2.05, 4.69) is 22.1 Å². The Kier molecular flexibility index (Phi) is 4.41. The van der Waals surface area contributed by atoms with Gasteiger partial charge in [-0.3, -0.25) is 4.79 Å². The van der Waals surface area contributed by atoms with Gasteiger partial charge in [-0.25, -0.2) is 4.98 Å². The molecule has 0 aromatic carbocycles. The predicted molar refractivity (Wildman–Crippen MR) is 78.5 cm³/mol. The molecule has 0 atom stereocenters. The van der Waals surface area contributed by atoms with Crippen molar-refractivity contribution in [2.24, 2.45) is 12.8 Å². The second-order valence-corrected chi connectivity index (χ2v) is 4.46. The summed E-state index contributed by atoms with van der Waals surface area (Å²) in [7, 11) is 1.75. The van der Waals surface area contributed by atoms with Crippen molar-refractivity contribution in [3.8, 4) is 11.8 Å². The number of nitrogens with zero attached hydrogens (tertiary/aromatic N) is 2. The van der Waals surface area contributed by atoms with Crippen LogP contribution in [0, 0.1) is 11.8 Å². The maximum atomic E-state index is 12.1. The molecule has 2 aromatic heterocycles. The van der Waals surface area contributed by atoms with Gasteiger partial charge in [-0.1, -0.05) is 23.6 Å². The van der Waals surface area contributed by atoms with Crippen molar-refractivity contribution in [3.05, 3.63) is 46.9 Å². The van der Waals surface area contributed by atoms with Gasteiger partial charge < -0.3 is 15.6 Å². The number of carbonyl (C=O) groups is 1. The molecule has 0 unspecified atom stereocenters. The molecule has 0 spiro atoms. The molecule has 0 bridgehead atoms. The Labute approximate surface area is 121 Å². The molecule has 2 heterocycles. The van der Waals surface area contributed by atoms with Gasteiger partial charge >= 0.3 is 0 Å². The topological polar surface area (TPSA) is 72.9 Å². The molecule has 5 nitrogen and oxygen atoms in total. The summed E-state index contributed by atoms with van der Waals surface area (Å²) in [5.74, 6) is 5.67. The van der Waals surface area contributed by atoms with E-state index in [4.69, 9.17) is 17.3 Å². The third-order valence-electron chi connectivity index (χ3n) is 2.51. The number of anilines is 1. The number of nitrogens with one attached hydrogen (secondary N) is 1. The zero-order valence-corrected chi connectivity index (χ0v) is 11.6. The van der Waals surface area contributed by atoms with Crippen LogP contribution in [0.1, 0.15) is 16.2 Å². The van der Waals surface area contributed by atoms with Crippen LogP contribution in [0.3, 0.4) is 0 Å². The van der Waals surface area contributed by atoms with Crippen LogP contribution in [-0.2, 0) is 7.05 Å². The molecule has 1 amide bonds. The van der Waals surface area contributed by atoms with E-state index in [0.29, 0.717) is 22.2 Å². The fourth-order valence-electron chi connectivity index (χ4n) is 1.65. The normalized spacial score (nSPS) is 9.75. The molecule has 3 N–H and O–H groups in total. The van der Waals surface area contributed by atoms with Gasteiger partial charge in [0.1, 0.15) is 17.2 Å². The minimum absolute atomic E-state index is 0.264. The third-order valence-corrected chi connectivity index (χ3v) is 2.72. The highest BCUT2D eigenvalue weighted by Crippen LogP contribution is 2.14. The SMILES string of the molecule is Cn1cc(Cl)cc1C(=O)Nc1cccc(C#CCN)n1. The van der Waals surface area contributed by atoms with E-state index < -0.39 is 0 Å². The molecular weight excluding hydrogens is 276 g/mol. The first-order chi connectivity index (χ1) is 9.60. The first-order valence-electron chi connectivity index (χ1n) is 5.89. The molecule has 0 fully saturated rings. The first kappa shape index (κ1) is 14.1. The van der Waals surface area contributed by atoms with E-state index in [-0.39, 0.29) is 12.5 Å². The van der Waals surface area contributed by atoms with Gasteiger partial charge in [0.2, 0.25) is 0 Å². The van der Waals surface area contributed by atoms with Crippen LogP contribution < -0.4 is 11.1 Å². The zero-order chi connectivity index (χ0) is 14.5. The molecule has 2 aromatic rings. The van der Waals surface area contributed by atoms with Crippen molar-refractivity contribution in [1.82, 2.24) is 9.55 Å². The van der Waals surface area contributed by atoms with Crippen LogP contribution >= 0.6 is 11.6 Å². The number of halogens is 1. The van der Waals surface area contributed by atoms with Gasteiger partial charge in [0.05, 0.1) is 11.6 Å². The number of hydrogen-bond acceptors (Lipinski definition) is 3. The Morgan fingerprint density at radius 1 is 1.55 bits per heavy atom. The fourth-order valence-corrected chi connectivity index (χ4v) is 1.90. The summed E-state index contributed by atoms with van der Waals surface area (Å²) in [6.45, 7) is 0.264. The number of nitrogens with two attached hydrogens (primary N) is 1. The second kappa shape index (κ2) is 6.24. The molecule has 6 heteroatoms. The van der Waals surface area contributed by atoms with Crippen LogP contribution in [0.15, 0.2) is 30.5 Å². The Hall–Kier alpha value is -2.29. The van der Waals surface area contributed by atoms with Crippen molar-refractivity contribution >= 4 is 23.3 Å². The lowest BCUT2D eigenvalue weighted by atomic mass is 10.3. The number of pyridine rings is 1. The smallest absolute Gasteiger partial charge is 0.273 e. The van der Waals surface area contributed by atoms with Crippen LogP contribution in [0.4, 0.5) is 5.82 Å². The van der Waals surface area contributed by atoms with E-state index in [1.54, 1.807) is 42.1 Å². The second-order valence-electron chi connectivity index (χ2n) is 4.02. The molecule has 0 aliphatic heterocycles. The standard InChI is InChI=1S/C14H13ClN4O/c1-19-9-10(15)8-12(19)14(20)18-13-6-2-4-11(17-13)5-3-7-16/h2,4,6,8-9H,7,16H2,1H3,(H,17,18,20). The summed E-state index contributed by atoms with van der Waals surface area (Å²) in [5.41, 5.74) is 6.31. The molecule has 102 valence electrons. The van der Waals surface area contributed by atoms with Crippen LogP contribution in [0.25, 0.3) is 0 Å². The summed E-state index contributed by atoms with van der Waals surface area (Å²) in [4.78, 5) is 16.3. The fraction of sp³-hybridized carbons (Fsp3) is 0.143. The number of hydrogen-bond donors (Lipinski definition) is 2. The van der Waals surface area contributed by atoms with Gasteiger partial charge in [0.15, 0.2) is 0 Å². The molecule has 0 radical (unpaired) electrons. The van der Waals surface area contributed by atoms with Crippen molar-refractivity contribution in [1.29, 1.82) is 0 Å². The van der Waals surface area contributed by atoms with Gasteiger partial charge in [0.25, 0.3) is 5.91 Å². The van der Waals surface area contributed by atoms with Gasteiger partial charge in [0, 0.05) is 13.2 Å². The van der Waals surface area contributed by atoms with Crippen molar-refractivity contribution in [3.63, 3.8) is 0 Å². The largest absolute Gasteiger partial charge is 0.345 e. The Balaban J connectivity index is 2.17.